The van der Waals surface area contributed by atoms with Crippen molar-refractivity contribution in [1.29, 1.82) is 5.26 Å². The van der Waals surface area contributed by atoms with Gasteiger partial charge in [-0.2, -0.15) is 5.26 Å². The molecule has 0 fully saturated rings. The maximum absolute atomic E-state index is 8.99. The standard InChI is InChI=1S/C15H14ClN3O/c1-10(18)13-7-12(16)4-5-15(13)20-9-11-3-2-6-19-14(11)8-17/h2-7,10H,9,18H2,1H3. The Morgan fingerprint density at radius 2 is 2.25 bits per heavy atom. The van der Waals surface area contributed by atoms with Gasteiger partial charge in [-0.15, -0.1) is 0 Å². The van der Waals surface area contributed by atoms with Gasteiger partial charge in [0, 0.05) is 28.4 Å². The summed E-state index contributed by atoms with van der Waals surface area (Å²) >= 11 is 5.96. The maximum Gasteiger partial charge on any atom is 0.147 e. The summed E-state index contributed by atoms with van der Waals surface area (Å²) in [4.78, 5) is 3.99. The van der Waals surface area contributed by atoms with Crippen LogP contribution in [0.2, 0.25) is 5.02 Å². The molecule has 1 aromatic heterocycles. The van der Waals surface area contributed by atoms with Crippen molar-refractivity contribution in [1.82, 2.24) is 4.98 Å². The molecule has 1 unspecified atom stereocenters. The largest absolute Gasteiger partial charge is 0.488 e. The van der Waals surface area contributed by atoms with Crippen molar-refractivity contribution in [2.75, 3.05) is 0 Å². The minimum absolute atomic E-state index is 0.187. The minimum Gasteiger partial charge on any atom is -0.488 e. The van der Waals surface area contributed by atoms with Crippen molar-refractivity contribution in [3.8, 4) is 11.8 Å². The Balaban J connectivity index is 2.21. The number of rotatable bonds is 4. The van der Waals surface area contributed by atoms with E-state index in [1.54, 1.807) is 30.5 Å². The summed E-state index contributed by atoms with van der Waals surface area (Å²) in [6.07, 6.45) is 1.58. The number of nitrogens with two attached hydrogens (primary N) is 1. The molecule has 0 saturated carbocycles. The molecule has 0 radical (unpaired) electrons. The SMILES string of the molecule is CC(N)c1cc(Cl)ccc1OCc1cccnc1C#N. The Morgan fingerprint density at radius 3 is 2.95 bits per heavy atom. The van der Waals surface area contributed by atoms with Crippen LogP contribution < -0.4 is 10.5 Å². The number of pyridine rings is 1. The fraction of sp³-hybridized carbons (Fsp3) is 0.200. The van der Waals surface area contributed by atoms with Gasteiger partial charge in [-0.3, -0.25) is 0 Å². The fourth-order valence-corrected chi connectivity index (χ4v) is 2.00. The summed E-state index contributed by atoms with van der Waals surface area (Å²) < 4.78 is 5.75. The molecule has 0 aliphatic rings. The molecule has 0 spiro atoms. The van der Waals surface area contributed by atoms with E-state index in [1.165, 1.54) is 0 Å². The van der Waals surface area contributed by atoms with Crippen LogP contribution in [0, 0.1) is 11.3 Å². The highest BCUT2D eigenvalue weighted by Crippen LogP contribution is 2.28. The van der Waals surface area contributed by atoms with Crippen LogP contribution in [-0.2, 0) is 6.61 Å². The molecule has 1 aromatic carbocycles. The van der Waals surface area contributed by atoms with E-state index in [1.807, 2.05) is 19.1 Å². The van der Waals surface area contributed by atoms with Crippen LogP contribution in [0.25, 0.3) is 0 Å². The highest BCUT2D eigenvalue weighted by molar-refractivity contribution is 6.30. The Hall–Kier alpha value is -2.09. The second-order valence-electron chi connectivity index (χ2n) is 4.38. The summed E-state index contributed by atoms with van der Waals surface area (Å²) in [7, 11) is 0. The summed E-state index contributed by atoms with van der Waals surface area (Å²) in [6, 6.07) is 10.8. The number of benzene rings is 1. The molecule has 1 heterocycles. The molecule has 2 N–H and O–H groups in total. The molecule has 1 atom stereocenters. The highest BCUT2D eigenvalue weighted by Gasteiger charge is 2.10. The lowest BCUT2D eigenvalue weighted by Gasteiger charge is -2.14. The van der Waals surface area contributed by atoms with E-state index < -0.39 is 0 Å². The Morgan fingerprint density at radius 1 is 1.45 bits per heavy atom. The minimum atomic E-state index is -0.187. The van der Waals surface area contributed by atoms with Crippen LogP contribution in [-0.4, -0.2) is 4.98 Å². The van der Waals surface area contributed by atoms with Crippen LogP contribution >= 0.6 is 11.6 Å². The van der Waals surface area contributed by atoms with Crippen LogP contribution in [0.15, 0.2) is 36.5 Å². The third-order valence-corrected chi connectivity index (χ3v) is 3.08. The lowest BCUT2D eigenvalue weighted by Crippen LogP contribution is -2.08. The first-order chi connectivity index (χ1) is 9.61. The molecule has 20 heavy (non-hydrogen) atoms. The molecule has 102 valence electrons. The maximum atomic E-state index is 8.99. The summed E-state index contributed by atoms with van der Waals surface area (Å²) in [5.41, 5.74) is 7.84. The van der Waals surface area contributed by atoms with E-state index in [0.29, 0.717) is 16.5 Å². The molecule has 5 heteroatoms. The van der Waals surface area contributed by atoms with Crippen molar-refractivity contribution in [2.24, 2.45) is 5.73 Å². The van der Waals surface area contributed by atoms with E-state index >= 15 is 0 Å². The second kappa shape index (κ2) is 6.38. The van der Waals surface area contributed by atoms with Crippen molar-refractivity contribution in [2.45, 2.75) is 19.6 Å². The molecule has 4 nitrogen and oxygen atoms in total. The van der Waals surface area contributed by atoms with Crippen molar-refractivity contribution in [3.05, 3.63) is 58.4 Å². The molecule has 2 rings (SSSR count). The summed E-state index contributed by atoms with van der Waals surface area (Å²) in [6.45, 7) is 2.13. The van der Waals surface area contributed by atoms with Gasteiger partial charge in [0.2, 0.25) is 0 Å². The van der Waals surface area contributed by atoms with Crippen molar-refractivity contribution in [3.63, 3.8) is 0 Å². The Labute approximate surface area is 122 Å². The number of hydrogen-bond acceptors (Lipinski definition) is 4. The third kappa shape index (κ3) is 3.27. The van der Waals surface area contributed by atoms with Gasteiger partial charge >= 0.3 is 0 Å². The van der Waals surface area contributed by atoms with E-state index in [4.69, 9.17) is 27.3 Å². The van der Waals surface area contributed by atoms with Gasteiger partial charge in [0.25, 0.3) is 0 Å². The first kappa shape index (κ1) is 14.3. The first-order valence-electron chi connectivity index (χ1n) is 6.13. The molecule has 0 aliphatic carbocycles. The molecule has 2 aromatic rings. The predicted molar refractivity (Wildman–Crippen MR) is 77.3 cm³/mol. The van der Waals surface area contributed by atoms with E-state index in [0.717, 1.165) is 11.1 Å². The normalized spacial score (nSPS) is 11.7. The van der Waals surface area contributed by atoms with Gasteiger partial charge in [-0.1, -0.05) is 17.7 Å². The zero-order valence-corrected chi connectivity index (χ0v) is 11.8. The molecular formula is C15H14ClN3O. The van der Waals surface area contributed by atoms with Gasteiger partial charge in [0.1, 0.15) is 24.1 Å². The number of aromatic nitrogens is 1. The van der Waals surface area contributed by atoms with Gasteiger partial charge in [-0.25, -0.2) is 4.98 Å². The third-order valence-electron chi connectivity index (χ3n) is 2.84. The number of ether oxygens (including phenoxy) is 1. The Bertz CT molecular complexity index is 650. The lowest BCUT2D eigenvalue weighted by molar-refractivity contribution is 0.300. The van der Waals surface area contributed by atoms with Crippen LogP contribution in [0.5, 0.6) is 5.75 Å². The van der Waals surface area contributed by atoms with Gasteiger partial charge in [-0.05, 0) is 31.2 Å². The monoisotopic (exact) mass is 287 g/mol. The van der Waals surface area contributed by atoms with Crippen LogP contribution in [0.1, 0.15) is 29.8 Å². The van der Waals surface area contributed by atoms with E-state index in [2.05, 4.69) is 4.98 Å². The van der Waals surface area contributed by atoms with E-state index in [-0.39, 0.29) is 12.6 Å². The van der Waals surface area contributed by atoms with Gasteiger partial charge < -0.3 is 10.5 Å². The summed E-state index contributed by atoms with van der Waals surface area (Å²) in [5, 5.41) is 9.60. The second-order valence-corrected chi connectivity index (χ2v) is 4.82. The summed E-state index contributed by atoms with van der Waals surface area (Å²) in [5.74, 6) is 0.664. The molecule has 0 saturated heterocycles. The van der Waals surface area contributed by atoms with Gasteiger partial charge in [0.05, 0.1) is 0 Å². The predicted octanol–water partition coefficient (Wildman–Crippen LogP) is 3.21. The molecule has 0 aliphatic heterocycles. The first-order valence-corrected chi connectivity index (χ1v) is 6.51. The fourth-order valence-electron chi connectivity index (χ4n) is 1.82. The zero-order chi connectivity index (χ0) is 14.5. The number of nitrogens with zero attached hydrogens (tertiary/aromatic N) is 2. The molecular weight excluding hydrogens is 274 g/mol. The molecule has 0 amide bonds. The smallest absolute Gasteiger partial charge is 0.147 e. The highest BCUT2D eigenvalue weighted by atomic mass is 35.5. The number of nitriles is 1. The topological polar surface area (TPSA) is 71.9 Å². The lowest BCUT2D eigenvalue weighted by atomic mass is 10.1. The van der Waals surface area contributed by atoms with Crippen LogP contribution in [0.4, 0.5) is 0 Å². The average molecular weight is 288 g/mol. The van der Waals surface area contributed by atoms with Crippen molar-refractivity contribution >= 4 is 11.6 Å². The average Bonchev–Trinajstić information content (AvgIpc) is 2.46. The zero-order valence-electron chi connectivity index (χ0n) is 11.0. The van der Waals surface area contributed by atoms with Crippen LogP contribution in [0.3, 0.4) is 0 Å². The van der Waals surface area contributed by atoms with Gasteiger partial charge in [0.15, 0.2) is 0 Å². The quantitative estimate of drug-likeness (QED) is 0.937. The van der Waals surface area contributed by atoms with E-state index in [9.17, 15) is 0 Å². The number of hydrogen-bond donors (Lipinski definition) is 1. The molecule has 0 bridgehead atoms. The Kier molecular flexibility index (Phi) is 4.57. The number of halogens is 1. The van der Waals surface area contributed by atoms with Crippen molar-refractivity contribution < 1.29 is 4.74 Å².